The topological polar surface area (TPSA) is 37.2 Å². The van der Waals surface area contributed by atoms with E-state index in [4.69, 9.17) is 4.74 Å². The lowest BCUT2D eigenvalue weighted by Crippen LogP contribution is -2.31. The Balaban J connectivity index is 1.70. The van der Waals surface area contributed by atoms with Crippen LogP contribution in [0.25, 0.3) is 0 Å². The molecule has 122 valence electrons. The second-order valence-electron chi connectivity index (χ2n) is 7.16. The fourth-order valence-corrected chi connectivity index (χ4v) is 2.50. The maximum Gasteiger partial charge on any atom is 0.120 e. The van der Waals surface area contributed by atoms with Crippen LogP contribution in [0.5, 0.6) is 5.75 Å². The molecule has 22 heavy (non-hydrogen) atoms. The summed E-state index contributed by atoms with van der Waals surface area (Å²) in [7, 11) is 0. The van der Waals surface area contributed by atoms with Crippen molar-refractivity contribution >= 4 is 0 Å². The molecule has 2 unspecified atom stereocenters. The van der Waals surface area contributed by atoms with Gasteiger partial charge in [0.2, 0.25) is 0 Å². The molecule has 0 amide bonds. The van der Waals surface area contributed by atoms with Gasteiger partial charge >= 0.3 is 0 Å². The highest BCUT2D eigenvalue weighted by molar-refractivity contribution is 5.27. The van der Waals surface area contributed by atoms with E-state index in [-0.39, 0.29) is 5.60 Å². The highest BCUT2D eigenvalue weighted by Gasteiger charge is 2.23. The minimum Gasteiger partial charge on any atom is -0.488 e. The molecule has 0 aliphatic carbocycles. The molecular weight excluding hydrogens is 274 g/mol. The van der Waals surface area contributed by atoms with Crippen molar-refractivity contribution in [3.05, 3.63) is 29.8 Å². The van der Waals surface area contributed by atoms with Crippen molar-refractivity contribution in [1.82, 2.24) is 5.01 Å². The minimum absolute atomic E-state index is 0.139. The Morgan fingerprint density at radius 2 is 1.77 bits per heavy atom. The van der Waals surface area contributed by atoms with Gasteiger partial charge in [-0.15, -0.1) is 0 Å². The molecule has 0 saturated heterocycles. The summed E-state index contributed by atoms with van der Waals surface area (Å²) in [6.07, 6.45) is 3.42. The molecule has 1 heterocycles. The Kier molecular flexibility index (Phi) is 5.43. The lowest BCUT2D eigenvalue weighted by atomic mass is 10.1. The maximum absolute atomic E-state index is 5.84. The van der Waals surface area contributed by atoms with Crippen LogP contribution >= 0.6 is 0 Å². The first-order valence-corrected chi connectivity index (χ1v) is 8.30. The number of rotatable bonds is 6. The Morgan fingerprint density at radius 3 is 2.32 bits per heavy atom. The lowest BCUT2D eigenvalue weighted by molar-refractivity contribution is 0.131. The Hall–Kier alpha value is -1.58. The largest absolute Gasteiger partial charge is 0.488 e. The zero-order valence-electron chi connectivity index (χ0n) is 14.5. The highest BCUT2D eigenvalue weighted by atomic mass is 16.5. The number of nitrogens with zero attached hydrogens (tertiary/aromatic N) is 3. The van der Waals surface area contributed by atoms with Gasteiger partial charge < -0.3 is 4.74 Å². The van der Waals surface area contributed by atoms with Crippen molar-refractivity contribution in [1.29, 1.82) is 0 Å². The van der Waals surface area contributed by atoms with E-state index in [0.29, 0.717) is 12.1 Å². The molecule has 1 aromatic carbocycles. The van der Waals surface area contributed by atoms with Crippen molar-refractivity contribution in [2.75, 3.05) is 6.54 Å². The van der Waals surface area contributed by atoms with Gasteiger partial charge in [0.1, 0.15) is 11.4 Å². The molecule has 0 saturated carbocycles. The van der Waals surface area contributed by atoms with Crippen molar-refractivity contribution in [3.63, 3.8) is 0 Å². The maximum atomic E-state index is 5.84. The standard InChI is InChI=1S/C18H29N3O/c1-14-15(2)21(20-19-14)13-7-6-8-16-9-11-17(12-10-16)22-18(3,4)5/h9-12,14-15H,6-8,13H2,1-5H3. The average Bonchev–Trinajstić information content (AvgIpc) is 2.75. The minimum atomic E-state index is -0.139. The molecule has 0 aromatic heterocycles. The lowest BCUT2D eigenvalue weighted by Gasteiger charge is -2.21. The Labute approximate surface area is 134 Å². The van der Waals surface area contributed by atoms with E-state index >= 15 is 0 Å². The van der Waals surface area contributed by atoms with Crippen molar-refractivity contribution < 1.29 is 4.74 Å². The predicted molar refractivity (Wildman–Crippen MR) is 90.2 cm³/mol. The van der Waals surface area contributed by atoms with E-state index in [1.54, 1.807) is 0 Å². The van der Waals surface area contributed by atoms with E-state index in [9.17, 15) is 0 Å². The normalized spacial score (nSPS) is 21.4. The molecule has 0 bridgehead atoms. The number of unbranched alkanes of at least 4 members (excludes halogenated alkanes) is 1. The van der Waals surface area contributed by atoms with E-state index in [0.717, 1.165) is 25.1 Å². The Bertz CT molecular complexity index is 490. The van der Waals surface area contributed by atoms with Gasteiger partial charge in [-0.25, -0.2) is 0 Å². The van der Waals surface area contributed by atoms with Gasteiger partial charge in [-0.1, -0.05) is 17.4 Å². The van der Waals surface area contributed by atoms with E-state index < -0.39 is 0 Å². The van der Waals surface area contributed by atoms with Crippen LogP contribution in [0, 0.1) is 0 Å². The van der Waals surface area contributed by atoms with Gasteiger partial charge in [0.15, 0.2) is 0 Å². The van der Waals surface area contributed by atoms with Gasteiger partial charge in [-0.2, -0.15) is 5.11 Å². The summed E-state index contributed by atoms with van der Waals surface area (Å²) in [5.74, 6) is 0.941. The Morgan fingerprint density at radius 1 is 1.09 bits per heavy atom. The third-order valence-corrected chi connectivity index (χ3v) is 3.97. The summed E-state index contributed by atoms with van der Waals surface area (Å²) in [4.78, 5) is 0. The second kappa shape index (κ2) is 7.12. The third kappa shape index (κ3) is 5.00. The van der Waals surface area contributed by atoms with Gasteiger partial charge in [-0.05, 0) is 71.6 Å². The van der Waals surface area contributed by atoms with Crippen molar-refractivity contribution in [2.45, 2.75) is 71.6 Å². The van der Waals surface area contributed by atoms with Crippen LogP contribution in [0.3, 0.4) is 0 Å². The molecule has 2 atom stereocenters. The third-order valence-electron chi connectivity index (χ3n) is 3.97. The van der Waals surface area contributed by atoms with E-state index in [2.05, 4.69) is 74.2 Å². The van der Waals surface area contributed by atoms with Crippen LogP contribution in [0.1, 0.15) is 53.0 Å². The number of hydrogen-bond acceptors (Lipinski definition) is 4. The fraction of sp³-hybridized carbons (Fsp3) is 0.667. The summed E-state index contributed by atoms with van der Waals surface area (Å²) in [6, 6.07) is 9.24. The van der Waals surface area contributed by atoms with Gasteiger partial charge in [0, 0.05) is 6.54 Å². The zero-order chi connectivity index (χ0) is 16.2. The SMILES string of the molecule is CC1N=NN(CCCCc2ccc(OC(C)(C)C)cc2)C1C. The van der Waals surface area contributed by atoms with Crippen LogP contribution in [0.4, 0.5) is 0 Å². The van der Waals surface area contributed by atoms with Crippen LogP contribution in [0.2, 0.25) is 0 Å². The molecule has 1 aromatic rings. The van der Waals surface area contributed by atoms with Crippen LogP contribution < -0.4 is 4.74 Å². The number of aryl methyl sites for hydroxylation is 1. The number of hydrogen-bond donors (Lipinski definition) is 0. The van der Waals surface area contributed by atoms with Gasteiger partial charge in [-0.3, -0.25) is 5.01 Å². The quantitative estimate of drug-likeness (QED) is 0.717. The van der Waals surface area contributed by atoms with E-state index in [1.165, 1.54) is 12.0 Å². The van der Waals surface area contributed by atoms with Crippen LogP contribution in [-0.2, 0) is 6.42 Å². The zero-order valence-corrected chi connectivity index (χ0v) is 14.5. The summed E-state index contributed by atoms with van der Waals surface area (Å²) in [5, 5.41) is 10.6. The van der Waals surface area contributed by atoms with Crippen molar-refractivity contribution in [3.8, 4) is 5.75 Å². The molecule has 0 fully saturated rings. The highest BCUT2D eigenvalue weighted by Crippen LogP contribution is 2.20. The fourth-order valence-electron chi connectivity index (χ4n) is 2.50. The summed E-state index contributed by atoms with van der Waals surface area (Å²) in [5.41, 5.74) is 1.23. The molecule has 1 aliphatic heterocycles. The van der Waals surface area contributed by atoms with Gasteiger partial charge in [0.05, 0.1) is 12.1 Å². The molecule has 1 aliphatic rings. The van der Waals surface area contributed by atoms with Crippen LogP contribution in [0.15, 0.2) is 34.6 Å². The smallest absolute Gasteiger partial charge is 0.120 e. The first kappa shape index (κ1) is 16.8. The molecule has 4 heteroatoms. The molecule has 2 rings (SSSR count). The molecular formula is C18H29N3O. The van der Waals surface area contributed by atoms with Crippen LogP contribution in [-0.4, -0.2) is 29.2 Å². The predicted octanol–water partition coefficient (Wildman–Crippen LogP) is 4.65. The number of benzene rings is 1. The molecule has 0 radical (unpaired) electrons. The first-order chi connectivity index (χ1) is 10.3. The summed E-state index contributed by atoms with van der Waals surface area (Å²) in [6.45, 7) is 11.5. The summed E-state index contributed by atoms with van der Waals surface area (Å²) < 4.78 is 5.84. The van der Waals surface area contributed by atoms with Gasteiger partial charge in [0.25, 0.3) is 0 Å². The molecule has 0 spiro atoms. The summed E-state index contributed by atoms with van der Waals surface area (Å²) >= 11 is 0. The second-order valence-corrected chi connectivity index (χ2v) is 7.16. The average molecular weight is 303 g/mol. The van der Waals surface area contributed by atoms with Crippen molar-refractivity contribution in [2.24, 2.45) is 10.3 Å². The molecule has 0 N–H and O–H groups in total. The van der Waals surface area contributed by atoms with E-state index in [1.807, 2.05) is 0 Å². The number of ether oxygens (including phenoxy) is 1. The first-order valence-electron chi connectivity index (χ1n) is 8.30. The molecule has 4 nitrogen and oxygen atoms in total. The monoisotopic (exact) mass is 303 g/mol.